The second-order valence-electron chi connectivity index (χ2n) is 4.71. The molecule has 5 heteroatoms. The lowest BCUT2D eigenvalue weighted by Gasteiger charge is -2.05. The summed E-state index contributed by atoms with van der Waals surface area (Å²) in [5.74, 6) is 5.80. The van der Waals surface area contributed by atoms with Gasteiger partial charge in [-0.1, -0.05) is 42.3 Å². The molecule has 2 rings (SSSR count). The van der Waals surface area contributed by atoms with Gasteiger partial charge in [0.25, 0.3) is 0 Å². The lowest BCUT2D eigenvalue weighted by Crippen LogP contribution is -2.24. The second kappa shape index (κ2) is 9.23. The third-order valence-corrected chi connectivity index (χ3v) is 2.92. The van der Waals surface area contributed by atoms with Gasteiger partial charge in [0.2, 0.25) is 0 Å². The van der Waals surface area contributed by atoms with E-state index in [1.54, 1.807) is 18.2 Å². The van der Waals surface area contributed by atoms with Crippen LogP contribution in [0.5, 0.6) is 0 Å². The van der Waals surface area contributed by atoms with E-state index in [2.05, 4.69) is 22.1 Å². The number of aromatic nitrogens is 1. The number of carbonyl (C=O) groups excluding carboxylic acids is 1. The van der Waals surface area contributed by atoms with Crippen molar-refractivity contribution < 1.29 is 14.6 Å². The highest BCUT2D eigenvalue weighted by Crippen LogP contribution is 2.00. The Morgan fingerprint density at radius 1 is 1.17 bits per heavy atom. The van der Waals surface area contributed by atoms with Gasteiger partial charge in [0.15, 0.2) is 0 Å². The minimum absolute atomic E-state index is 0.107. The fraction of sp³-hybridized carbons (Fsp3) is 0.222. The van der Waals surface area contributed by atoms with Crippen LogP contribution >= 0.6 is 0 Å². The Labute approximate surface area is 135 Å². The molecule has 0 bridgehead atoms. The summed E-state index contributed by atoms with van der Waals surface area (Å²) in [7, 11) is 0. The molecule has 2 aromatic rings. The van der Waals surface area contributed by atoms with Gasteiger partial charge >= 0.3 is 6.09 Å². The lowest BCUT2D eigenvalue weighted by molar-refractivity contribution is 0.140. The quantitative estimate of drug-likeness (QED) is 0.656. The van der Waals surface area contributed by atoms with Gasteiger partial charge in [-0.2, -0.15) is 0 Å². The summed E-state index contributed by atoms with van der Waals surface area (Å²) < 4.78 is 5.08. The number of ether oxygens (including phenoxy) is 1. The summed E-state index contributed by atoms with van der Waals surface area (Å²) in [6.45, 7) is 0.543. The van der Waals surface area contributed by atoms with Crippen molar-refractivity contribution in [2.75, 3.05) is 6.54 Å². The van der Waals surface area contributed by atoms with Crippen LogP contribution in [0.1, 0.15) is 23.4 Å². The SMILES string of the molecule is O=C(NCCC#Cc1cccc(CO)n1)OCc1ccccc1. The van der Waals surface area contributed by atoms with Crippen molar-refractivity contribution in [3.8, 4) is 11.8 Å². The highest BCUT2D eigenvalue weighted by atomic mass is 16.5. The number of carbonyl (C=O) groups is 1. The number of rotatable bonds is 5. The number of aliphatic hydroxyl groups is 1. The van der Waals surface area contributed by atoms with Gasteiger partial charge < -0.3 is 15.2 Å². The first-order valence-electron chi connectivity index (χ1n) is 7.28. The largest absolute Gasteiger partial charge is 0.445 e. The fourth-order valence-electron chi connectivity index (χ4n) is 1.79. The summed E-state index contributed by atoms with van der Waals surface area (Å²) in [5, 5.41) is 11.6. The molecule has 1 amide bonds. The summed E-state index contributed by atoms with van der Waals surface area (Å²) in [4.78, 5) is 15.7. The van der Waals surface area contributed by atoms with Crippen molar-refractivity contribution in [2.24, 2.45) is 0 Å². The Hall–Kier alpha value is -2.84. The Morgan fingerprint density at radius 2 is 2.00 bits per heavy atom. The van der Waals surface area contributed by atoms with E-state index < -0.39 is 6.09 Å². The van der Waals surface area contributed by atoms with Gasteiger partial charge in [-0.15, -0.1) is 0 Å². The minimum atomic E-state index is -0.462. The van der Waals surface area contributed by atoms with Gasteiger partial charge in [0.1, 0.15) is 12.3 Å². The highest BCUT2D eigenvalue weighted by Gasteiger charge is 2.00. The predicted octanol–water partition coefficient (Wildman–Crippen LogP) is 2.24. The van der Waals surface area contributed by atoms with E-state index in [0.717, 1.165) is 5.56 Å². The van der Waals surface area contributed by atoms with E-state index in [1.165, 1.54) is 0 Å². The monoisotopic (exact) mass is 310 g/mol. The van der Waals surface area contributed by atoms with E-state index in [9.17, 15) is 4.79 Å². The molecule has 1 heterocycles. The average Bonchev–Trinajstić information content (AvgIpc) is 2.61. The van der Waals surface area contributed by atoms with Crippen LogP contribution in [0, 0.1) is 11.8 Å². The molecular weight excluding hydrogens is 292 g/mol. The lowest BCUT2D eigenvalue weighted by atomic mass is 10.2. The van der Waals surface area contributed by atoms with E-state index in [1.807, 2.05) is 30.3 Å². The first kappa shape index (κ1) is 16.5. The number of pyridine rings is 1. The van der Waals surface area contributed by atoms with Gasteiger partial charge in [-0.25, -0.2) is 9.78 Å². The Morgan fingerprint density at radius 3 is 2.78 bits per heavy atom. The van der Waals surface area contributed by atoms with Crippen molar-refractivity contribution in [3.63, 3.8) is 0 Å². The number of nitrogens with one attached hydrogen (secondary N) is 1. The number of amides is 1. The van der Waals surface area contributed by atoms with E-state index in [-0.39, 0.29) is 13.2 Å². The Bertz CT molecular complexity index is 690. The molecule has 23 heavy (non-hydrogen) atoms. The normalized spacial score (nSPS) is 9.61. The molecule has 0 unspecified atom stereocenters. The molecule has 2 N–H and O–H groups in total. The van der Waals surface area contributed by atoms with Crippen molar-refractivity contribution in [2.45, 2.75) is 19.6 Å². The number of alkyl carbamates (subject to hydrolysis) is 1. The van der Waals surface area contributed by atoms with Gasteiger partial charge in [0.05, 0.1) is 12.3 Å². The number of hydrogen-bond acceptors (Lipinski definition) is 4. The van der Waals surface area contributed by atoms with Crippen LogP contribution in [0.2, 0.25) is 0 Å². The van der Waals surface area contributed by atoms with Crippen molar-refractivity contribution in [1.82, 2.24) is 10.3 Å². The maximum atomic E-state index is 11.5. The topological polar surface area (TPSA) is 71.5 Å². The molecule has 0 saturated heterocycles. The van der Waals surface area contributed by atoms with E-state index >= 15 is 0 Å². The fourth-order valence-corrected chi connectivity index (χ4v) is 1.79. The van der Waals surface area contributed by atoms with Crippen molar-refractivity contribution in [1.29, 1.82) is 0 Å². The summed E-state index contributed by atoms with van der Waals surface area (Å²) in [6.07, 6.45) is 0.0296. The molecule has 0 saturated carbocycles. The molecular formula is C18H18N2O3. The first-order chi connectivity index (χ1) is 11.3. The van der Waals surface area contributed by atoms with Crippen molar-refractivity contribution >= 4 is 6.09 Å². The van der Waals surface area contributed by atoms with Crippen LogP contribution in [0.3, 0.4) is 0 Å². The number of aliphatic hydroxyl groups excluding tert-OH is 1. The third kappa shape index (κ3) is 6.20. The number of nitrogens with zero attached hydrogens (tertiary/aromatic N) is 1. The molecule has 0 fully saturated rings. The molecule has 1 aromatic carbocycles. The third-order valence-electron chi connectivity index (χ3n) is 2.92. The standard InChI is InChI=1S/C18H18N2O3/c21-13-17-11-6-10-16(20-17)9-4-5-12-19-18(22)23-14-15-7-2-1-3-8-15/h1-3,6-8,10-11,21H,5,12-14H2,(H,19,22). The molecule has 0 aliphatic carbocycles. The maximum Gasteiger partial charge on any atom is 0.407 e. The van der Waals surface area contributed by atoms with Crippen LogP contribution in [0.4, 0.5) is 4.79 Å². The van der Waals surface area contributed by atoms with Gasteiger partial charge in [-0.3, -0.25) is 0 Å². The van der Waals surface area contributed by atoms with Crippen LogP contribution < -0.4 is 5.32 Å². The second-order valence-corrected chi connectivity index (χ2v) is 4.71. The van der Waals surface area contributed by atoms with Crippen LogP contribution in [0.15, 0.2) is 48.5 Å². The van der Waals surface area contributed by atoms with E-state index in [0.29, 0.717) is 24.4 Å². The maximum absolute atomic E-state index is 11.5. The Balaban J connectivity index is 1.67. The molecule has 118 valence electrons. The molecule has 0 radical (unpaired) electrons. The zero-order valence-electron chi connectivity index (χ0n) is 12.7. The summed E-state index contributed by atoms with van der Waals surface area (Å²) >= 11 is 0. The zero-order valence-corrected chi connectivity index (χ0v) is 12.7. The molecule has 0 aliphatic heterocycles. The highest BCUT2D eigenvalue weighted by molar-refractivity contribution is 5.67. The first-order valence-corrected chi connectivity index (χ1v) is 7.28. The van der Waals surface area contributed by atoms with Gasteiger partial charge in [-0.05, 0) is 23.6 Å². The zero-order chi connectivity index (χ0) is 16.3. The van der Waals surface area contributed by atoms with Crippen molar-refractivity contribution in [3.05, 3.63) is 65.5 Å². The Kier molecular flexibility index (Phi) is 6.64. The average molecular weight is 310 g/mol. The number of benzene rings is 1. The molecule has 5 nitrogen and oxygen atoms in total. The van der Waals surface area contributed by atoms with Crippen LogP contribution in [0.25, 0.3) is 0 Å². The summed E-state index contributed by atoms with van der Waals surface area (Å²) in [6, 6.07) is 14.8. The van der Waals surface area contributed by atoms with E-state index in [4.69, 9.17) is 9.84 Å². The van der Waals surface area contributed by atoms with Gasteiger partial charge in [0, 0.05) is 13.0 Å². The molecule has 1 aromatic heterocycles. The smallest absolute Gasteiger partial charge is 0.407 e. The minimum Gasteiger partial charge on any atom is -0.445 e. The number of hydrogen-bond donors (Lipinski definition) is 2. The van der Waals surface area contributed by atoms with Crippen LogP contribution in [-0.2, 0) is 18.0 Å². The predicted molar refractivity (Wildman–Crippen MR) is 86.3 cm³/mol. The summed E-state index contributed by atoms with van der Waals surface area (Å²) in [5.41, 5.74) is 2.12. The molecule has 0 aliphatic rings. The van der Waals surface area contributed by atoms with Crippen LogP contribution in [-0.4, -0.2) is 22.7 Å². The molecule has 0 spiro atoms. The molecule has 0 atom stereocenters.